The first kappa shape index (κ1) is 10.3. The van der Waals surface area contributed by atoms with Crippen molar-refractivity contribution in [1.29, 1.82) is 0 Å². The van der Waals surface area contributed by atoms with E-state index in [4.69, 9.17) is 5.11 Å². The Balaban J connectivity index is 2.18. The van der Waals surface area contributed by atoms with Crippen molar-refractivity contribution in [2.75, 3.05) is 0 Å². The van der Waals surface area contributed by atoms with Crippen LogP contribution in [0, 0.1) is 0 Å². The smallest absolute Gasteiger partial charge is 0.176 e. The average molecular weight is 268 g/mol. The Bertz CT molecular complexity index is 455. The Kier molecular flexibility index (Phi) is 3.13. The van der Waals surface area contributed by atoms with Crippen molar-refractivity contribution >= 4 is 15.9 Å². The topological polar surface area (TPSA) is 61.8 Å². The van der Waals surface area contributed by atoms with Gasteiger partial charge in [-0.2, -0.15) is 5.10 Å². The number of aromatic nitrogens is 3. The number of H-pyrrole nitrogens is 1. The van der Waals surface area contributed by atoms with Gasteiger partial charge >= 0.3 is 0 Å². The molecule has 0 aliphatic rings. The third-order valence-corrected chi connectivity index (χ3v) is 2.81. The third kappa shape index (κ3) is 2.43. The van der Waals surface area contributed by atoms with Crippen molar-refractivity contribution in [1.82, 2.24) is 15.2 Å². The lowest BCUT2D eigenvalue weighted by Crippen LogP contribution is -1.92. The van der Waals surface area contributed by atoms with Gasteiger partial charge in [-0.3, -0.25) is 5.10 Å². The standard InChI is InChI=1S/C10H10BrN3O/c11-8-4-2-1-3-7(8)5-9-12-10(6-15)14-13-9/h1-4,15H,5-6H2,(H,12,13,14). The molecule has 5 heteroatoms. The highest BCUT2D eigenvalue weighted by molar-refractivity contribution is 9.10. The second-order valence-electron chi connectivity index (χ2n) is 3.12. The van der Waals surface area contributed by atoms with E-state index in [-0.39, 0.29) is 6.61 Å². The number of nitrogens with zero attached hydrogens (tertiary/aromatic N) is 2. The lowest BCUT2D eigenvalue weighted by atomic mass is 10.1. The van der Waals surface area contributed by atoms with E-state index in [0.717, 1.165) is 15.9 Å². The molecule has 15 heavy (non-hydrogen) atoms. The summed E-state index contributed by atoms with van der Waals surface area (Å²) in [7, 11) is 0. The number of benzene rings is 1. The Morgan fingerprint density at radius 3 is 2.80 bits per heavy atom. The molecule has 0 aliphatic heterocycles. The second-order valence-corrected chi connectivity index (χ2v) is 3.98. The molecule has 1 heterocycles. The maximum absolute atomic E-state index is 8.82. The fourth-order valence-corrected chi connectivity index (χ4v) is 1.73. The predicted molar refractivity (Wildman–Crippen MR) is 59.3 cm³/mol. The normalized spacial score (nSPS) is 10.5. The van der Waals surface area contributed by atoms with Gasteiger partial charge < -0.3 is 5.11 Å². The average Bonchev–Trinajstić information content (AvgIpc) is 2.69. The Morgan fingerprint density at radius 1 is 1.33 bits per heavy atom. The highest BCUT2D eigenvalue weighted by Gasteiger charge is 2.05. The number of aliphatic hydroxyl groups is 1. The highest BCUT2D eigenvalue weighted by atomic mass is 79.9. The van der Waals surface area contributed by atoms with E-state index in [9.17, 15) is 0 Å². The van der Waals surface area contributed by atoms with Crippen LogP contribution >= 0.6 is 15.9 Å². The summed E-state index contributed by atoms with van der Waals surface area (Å²) in [6, 6.07) is 7.94. The zero-order valence-electron chi connectivity index (χ0n) is 7.94. The van der Waals surface area contributed by atoms with E-state index >= 15 is 0 Å². The van der Waals surface area contributed by atoms with Gasteiger partial charge in [0.15, 0.2) is 5.82 Å². The molecule has 0 amide bonds. The van der Waals surface area contributed by atoms with E-state index in [2.05, 4.69) is 31.1 Å². The van der Waals surface area contributed by atoms with Crippen molar-refractivity contribution in [3.63, 3.8) is 0 Å². The van der Waals surface area contributed by atoms with Crippen molar-refractivity contribution in [3.05, 3.63) is 46.0 Å². The predicted octanol–water partition coefficient (Wildman–Crippen LogP) is 1.65. The van der Waals surface area contributed by atoms with Crippen LogP contribution in [0.4, 0.5) is 0 Å². The fourth-order valence-electron chi connectivity index (χ4n) is 1.31. The van der Waals surface area contributed by atoms with Crippen molar-refractivity contribution in [3.8, 4) is 0 Å². The summed E-state index contributed by atoms with van der Waals surface area (Å²) in [4.78, 5) is 4.13. The lowest BCUT2D eigenvalue weighted by Gasteiger charge is -2.00. The summed E-state index contributed by atoms with van der Waals surface area (Å²) in [6.07, 6.45) is 0.675. The first-order valence-electron chi connectivity index (χ1n) is 4.54. The lowest BCUT2D eigenvalue weighted by molar-refractivity contribution is 0.272. The molecule has 0 fully saturated rings. The van der Waals surface area contributed by atoms with Gasteiger partial charge in [-0.15, -0.1) is 0 Å². The number of aromatic amines is 1. The molecule has 78 valence electrons. The molecular formula is C10H10BrN3O. The van der Waals surface area contributed by atoms with Gasteiger partial charge in [0, 0.05) is 10.9 Å². The van der Waals surface area contributed by atoms with E-state index in [1.807, 2.05) is 24.3 Å². The van der Waals surface area contributed by atoms with Gasteiger partial charge in [0.25, 0.3) is 0 Å². The summed E-state index contributed by atoms with van der Waals surface area (Å²) in [5.41, 5.74) is 1.14. The van der Waals surface area contributed by atoms with Gasteiger partial charge in [-0.05, 0) is 11.6 Å². The largest absolute Gasteiger partial charge is 0.388 e. The number of halogens is 1. The van der Waals surface area contributed by atoms with Crippen LogP contribution < -0.4 is 0 Å². The van der Waals surface area contributed by atoms with Crippen LogP contribution in [0.2, 0.25) is 0 Å². The van der Waals surface area contributed by atoms with Gasteiger partial charge in [-0.1, -0.05) is 34.1 Å². The summed E-state index contributed by atoms with van der Waals surface area (Å²) in [5.74, 6) is 1.18. The quantitative estimate of drug-likeness (QED) is 0.889. The van der Waals surface area contributed by atoms with E-state index in [1.54, 1.807) is 0 Å². The molecule has 4 nitrogen and oxygen atoms in total. The van der Waals surface area contributed by atoms with Crippen molar-refractivity contribution < 1.29 is 5.11 Å². The van der Waals surface area contributed by atoms with E-state index < -0.39 is 0 Å². The van der Waals surface area contributed by atoms with Crippen LogP contribution in [-0.4, -0.2) is 20.3 Å². The van der Waals surface area contributed by atoms with Crippen molar-refractivity contribution in [2.45, 2.75) is 13.0 Å². The molecule has 2 N–H and O–H groups in total. The molecule has 0 bridgehead atoms. The SMILES string of the molecule is OCc1n[nH]c(Cc2ccccc2Br)n1. The molecule has 0 saturated heterocycles. The third-order valence-electron chi connectivity index (χ3n) is 2.04. The first-order valence-corrected chi connectivity index (χ1v) is 5.33. The number of hydrogen-bond acceptors (Lipinski definition) is 3. The molecule has 0 saturated carbocycles. The van der Waals surface area contributed by atoms with Gasteiger partial charge in [0.05, 0.1) is 0 Å². The minimum absolute atomic E-state index is 0.132. The maximum atomic E-state index is 8.82. The molecule has 0 radical (unpaired) electrons. The van der Waals surface area contributed by atoms with Crippen LogP contribution in [0.3, 0.4) is 0 Å². The molecule has 0 unspecified atom stereocenters. The van der Waals surface area contributed by atoms with E-state index in [0.29, 0.717) is 12.2 Å². The second kappa shape index (κ2) is 4.55. The zero-order chi connectivity index (χ0) is 10.7. The highest BCUT2D eigenvalue weighted by Crippen LogP contribution is 2.17. The number of hydrogen-bond donors (Lipinski definition) is 2. The number of rotatable bonds is 3. The molecule has 2 rings (SSSR count). The molecule has 1 aromatic carbocycles. The van der Waals surface area contributed by atoms with Crippen LogP contribution in [0.15, 0.2) is 28.7 Å². The van der Waals surface area contributed by atoms with Crippen LogP contribution in [0.25, 0.3) is 0 Å². The molecule has 0 aliphatic carbocycles. The van der Waals surface area contributed by atoms with E-state index in [1.165, 1.54) is 0 Å². The maximum Gasteiger partial charge on any atom is 0.176 e. The summed E-state index contributed by atoms with van der Waals surface area (Å²) < 4.78 is 1.05. The Labute approximate surface area is 95.5 Å². The molecule has 0 atom stereocenters. The monoisotopic (exact) mass is 267 g/mol. The molecule has 2 aromatic rings. The molecule has 1 aromatic heterocycles. The molecule has 0 spiro atoms. The summed E-state index contributed by atoms with van der Waals surface area (Å²) in [6.45, 7) is -0.132. The number of aliphatic hydroxyl groups excluding tert-OH is 1. The first-order chi connectivity index (χ1) is 7.29. The van der Waals surface area contributed by atoms with Crippen LogP contribution in [-0.2, 0) is 13.0 Å². The van der Waals surface area contributed by atoms with Gasteiger partial charge in [-0.25, -0.2) is 4.98 Å². The van der Waals surface area contributed by atoms with Gasteiger partial charge in [0.1, 0.15) is 12.4 Å². The number of nitrogens with one attached hydrogen (secondary N) is 1. The minimum Gasteiger partial charge on any atom is -0.388 e. The Hall–Kier alpha value is -1.20. The Morgan fingerprint density at radius 2 is 2.13 bits per heavy atom. The van der Waals surface area contributed by atoms with Crippen LogP contribution in [0.5, 0.6) is 0 Å². The summed E-state index contributed by atoms with van der Waals surface area (Å²) >= 11 is 3.47. The minimum atomic E-state index is -0.132. The summed E-state index contributed by atoms with van der Waals surface area (Å²) in [5, 5.41) is 15.5. The fraction of sp³-hybridized carbons (Fsp3) is 0.200. The zero-order valence-corrected chi connectivity index (χ0v) is 9.53. The van der Waals surface area contributed by atoms with Crippen LogP contribution in [0.1, 0.15) is 17.2 Å². The van der Waals surface area contributed by atoms with Gasteiger partial charge in [0.2, 0.25) is 0 Å². The molecular weight excluding hydrogens is 258 g/mol. The van der Waals surface area contributed by atoms with Crippen molar-refractivity contribution in [2.24, 2.45) is 0 Å².